The largest absolute Gasteiger partial charge is 0.476 e. The number of ether oxygens (including phenoxy) is 1. The predicted octanol–water partition coefficient (Wildman–Crippen LogP) is 7.64. The van der Waals surface area contributed by atoms with Gasteiger partial charge in [-0.25, -0.2) is 14.8 Å². The Balaban J connectivity index is 0.692. The zero-order valence-corrected chi connectivity index (χ0v) is 39.8. The third kappa shape index (κ3) is 9.90. The van der Waals surface area contributed by atoms with E-state index in [4.69, 9.17) is 9.72 Å². The lowest BCUT2D eigenvalue weighted by Gasteiger charge is -2.31. The first-order valence-electron chi connectivity index (χ1n) is 23.7. The minimum atomic E-state index is -1.11. The van der Waals surface area contributed by atoms with Crippen LogP contribution in [0, 0.1) is 6.92 Å². The minimum Gasteiger partial charge on any atom is -0.476 e. The average molecular weight is 960 g/mol. The molecular weight excluding hydrogens is 907 g/mol. The maximum absolute atomic E-state index is 13.6. The number of fused-ring (bicyclic) bond motifs is 3. The van der Waals surface area contributed by atoms with Crippen molar-refractivity contribution in [3.63, 3.8) is 0 Å². The molecule has 0 bridgehead atoms. The van der Waals surface area contributed by atoms with E-state index in [1.807, 2.05) is 96.8 Å². The molecule has 1 unspecified atom stereocenters. The summed E-state index contributed by atoms with van der Waals surface area (Å²) in [6, 6.07) is 28.9. The van der Waals surface area contributed by atoms with E-state index in [0.29, 0.717) is 66.0 Å². The summed E-state index contributed by atoms with van der Waals surface area (Å²) in [6.45, 7) is 5.41. The smallest absolute Gasteiger partial charge is 0.355 e. The van der Waals surface area contributed by atoms with Crippen LogP contribution in [0.1, 0.15) is 86.8 Å². The SMILES string of the molecule is Cc1cc(CCCOC2CCN(CC(=O)Nc3ccc4c(C5CCC(=O)NC5=O)nn(C)c4c3)CC2)ccc1-c1ccc(N2CCc3cccc(C(=O)Nc4nc5ccccc5s4)c3C2)nc1C(=O)O. The van der Waals surface area contributed by atoms with Crippen molar-refractivity contribution in [2.45, 2.75) is 70.4 Å². The van der Waals surface area contributed by atoms with Gasteiger partial charge in [-0.1, -0.05) is 53.8 Å². The third-order valence-corrected chi connectivity index (χ3v) is 14.6. The van der Waals surface area contributed by atoms with Gasteiger partial charge < -0.3 is 20.1 Å². The maximum Gasteiger partial charge on any atom is 0.355 e. The highest BCUT2D eigenvalue weighted by atomic mass is 32.1. The zero-order valence-electron chi connectivity index (χ0n) is 39.0. The molecule has 3 aliphatic heterocycles. The van der Waals surface area contributed by atoms with Crippen LogP contribution in [0.3, 0.4) is 0 Å². The van der Waals surface area contributed by atoms with Crippen LogP contribution < -0.4 is 20.9 Å². The Kier molecular flexibility index (Phi) is 13.2. The molecule has 3 aromatic heterocycles. The molecule has 16 nitrogen and oxygen atoms in total. The minimum absolute atomic E-state index is 0.0211. The number of carbonyl (C=O) groups is 5. The van der Waals surface area contributed by atoms with E-state index in [-0.39, 0.29) is 48.4 Å². The second-order valence-electron chi connectivity index (χ2n) is 18.3. The fourth-order valence-corrected chi connectivity index (χ4v) is 10.9. The first-order valence-corrected chi connectivity index (χ1v) is 24.6. The molecule has 2 saturated heterocycles. The molecule has 7 aromatic rings. The fourth-order valence-electron chi connectivity index (χ4n) is 10.0. The monoisotopic (exact) mass is 959 g/mol. The number of rotatable bonds is 14. The summed E-state index contributed by atoms with van der Waals surface area (Å²) in [5.41, 5.74) is 8.87. The summed E-state index contributed by atoms with van der Waals surface area (Å²) >= 11 is 1.43. The van der Waals surface area contributed by atoms with Gasteiger partial charge >= 0.3 is 5.97 Å². The Labute approximate surface area is 408 Å². The van der Waals surface area contributed by atoms with Gasteiger partial charge in [0.15, 0.2) is 10.8 Å². The Hall–Kier alpha value is -7.34. The number of pyridine rings is 1. The Morgan fingerprint density at radius 2 is 1.71 bits per heavy atom. The second-order valence-corrected chi connectivity index (χ2v) is 19.3. The topological polar surface area (TPSA) is 201 Å². The lowest BCUT2D eigenvalue weighted by atomic mass is 9.93. The summed E-state index contributed by atoms with van der Waals surface area (Å²) in [6.07, 6.45) is 4.80. The predicted molar refractivity (Wildman–Crippen MR) is 268 cm³/mol. The van der Waals surface area contributed by atoms with Crippen molar-refractivity contribution in [2.75, 3.05) is 48.3 Å². The number of anilines is 3. The van der Waals surface area contributed by atoms with Crippen molar-refractivity contribution in [1.29, 1.82) is 0 Å². The number of aromatic carboxylic acids is 1. The molecule has 4 N–H and O–H groups in total. The van der Waals surface area contributed by atoms with Crippen LogP contribution in [0.15, 0.2) is 91.0 Å². The summed E-state index contributed by atoms with van der Waals surface area (Å²) in [5.74, 6) is -2.00. The summed E-state index contributed by atoms with van der Waals surface area (Å²) < 4.78 is 8.98. The summed E-state index contributed by atoms with van der Waals surface area (Å²) in [5, 5.41) is 24.8. The van der Waals surface area contributed by atoms with E-state index in [1.165, 1.54) is 11.3 Å². The van der Waals surface area contributed by atoms with Crippen molar-refractivity contribution >= 4 is 78.7 Å². The number of aromatic nitrogens is 4. The molecule has 1 atom stereocenters. The van der Waals surface area contributed by atoms with E-state index in [0.717, 1.165) is 87.7 Å². The fraction of sp³-hybridized carbons (Fsp3) is 0.321. The van der Waals surface area contributed by atoms with E-state index >= 15 is 0 Å². The number of likely N-dealkylation sites (tertiary alicyclic amines) is 1. The van der Waals surface area contributed by atoms with Gasteiger partial charge in [0, 0.05) is 68.5 Å². The van der Waals surface area contributed by atoms with Gasteiger partial charge in [0.25, 0.3) is 5.91 Å². The second kappa shape index (κ2) is 19.9. The molecule has 358 valence electrons. The van der Waals surface area contributed by atoms with Gasteiger partial charge in [-0.15, -0.1) is 0 Å². The van der Waals surface area contributed by atoms with Crippen LogP contribution in [0.4, 0.5) is 16.6 Å². The van der Waals surface area contributed by atoms with Crippen molar-refractivity contribution in [3.05, 3.63) is 130 Å². The lowest BCUT2D eigenvalue weighted by molar-refractivity contribution is -0.134. The molecule has 70 heavy (non-hydrogen) atoms. The van der Waals surface area contributed by atoms with Crippen LogP contribution in [0.25, 0.3) is 32.2 Å². The van der Waals surface area contributed by atoms with Crippen LogP contribution in [-0.2, 0) is 45.6 Å². The number of amides is 4. The van der Waals surface area contributed by atoms with Crippen molar-refractivity contribution in [1.82, 2.24) is 30.0 Å². The van der Waals surface area contributed by atoms with E-state index in [1.54, 1.807) is 11.7 Å². The zero-order chi connectivity index (χ0) is 48.5. The number of piperidine rings is 2. The van der Waals surface area contributed by atoms with Gasteiger partial charge in [-0.2, -0.15) is 5.10 Å². The third-order valence-electron chi connectivity index (χ3n) is 13.6. The van der Waals surface area contributed by atoms with Crippen LogP contribution in [0.5, 0.6) is 0 Å². The molecule has 0 radical (unpaired) electrons. The maximum atomic E-state index is 13.6. The standard InChI is InChI=1S/C53H53N9O7S/c1-31-27-32(7-6-26-69-35-21-23-61(24-22-35)30-47(64)54-34-13-15-39-43(28-34)60(2)59-48(39)40-17-19-46(63)57-51(40)66)12-14-36(31)37-16-18-45(56-49(37)52(67)68)62-25-20-33-8-5-9-38(41(33)29-62)50(65)58-53-55-42-10-3-4-11-44(42)70-53/h3-5,8-16,18,27-28,35,40H,6-7,17,19-26,29-30H2,1-2H3,(H,54,64)(H,67,68)(H,55,58,65)(H,57,63,66). The molecule has 3 aliphatic rings. The molecule has 4 amide bonds. The number of hydrogen-bond donors (Lipinski definition) is 4. The van der Waals surface area contributed by atoms with E-state index in [2.05, 4.69) is 37.0 Å². The molecule has 2 fully saturated rings. The molecule has 17 heteroatoms. The van der Waals surface area contributed by atoms with Gasteiger partial charge in [0.1, 0.15) is 5.82 Å². The number of imide groups is 1. The number of para-hydroxylation sites is 1. The molecule has 4 aromatic carbocycles. The molecule has 6 heterocycles. The highest BCUT2D eigenvalue weighted by Crippen LogP contribution is 2.34. The van der Waals surface area contributed by atoms with Gasteiger partial charge in [0.05, 0.1) is 40.0 Å². The summed E-state index contributed by atoms with van der Waals surface area (Å²) in [4.78, 5) is 77.0. The highest BCUT2D eigenvalue weighted by molar-refractivity contribution is 7.22. The first-order chi connectivity index (χ1) is 33.9. The van der Waals surface area contributed by atoms with Gasteiger partial charge in [-0.3, -0.25) is 39.4 Å². The van der Waals surface area contributed by atoms with Gasteiger partial charge in [-0.05, 0) is 122 Å². The Morgan fingerprint density at radius 1 is 0.886 bits per heavy atom. The highest BCUT2D eigenvalue weighted by Gasteiger charge is 2.32. The molecule has 10 rings (SSSR count). The van der Waals surface area contributed by atoms with Crippen LogP contribution >= 0.6 is 11.3 Å². The van der Waals surface area contributed by atoms with E-state index in [9.17, 15) is 29.1 Å². The van der Waals surface area contributed by atoms with Crippen molar-refractivity contribution in [3.8, 4) is 11.1 Å². The number of carboxylic acids is 1. The number of hydrogen-bond acceptors (Lipinski definition) is 12. The molecule has 0 spiro atoms. The van der Waals surface area contributed by atoms with Crippen LogP contribution in [-0.4, -0.2) is 98.2 Å². The van der Waals surface area contributed by atoms with Crippen LogP contribution in [0.2, 0.25) is 0 Å². The lowest BCUT2D eigenvalue weighted by Crippen LogP contribution is -2.41. The number of aryl methyl sites for hydroxylation is 3. The normalized spacial score (nSPS) is 16.6. The van der Waals surface area contributed by atoms with E-state index < -0.39 is 11.9 Å². The van der Waals surface area contributed by atoms with Crippen molar-refractivity contribution in [2.24, 2.45) is 7.05 Å². The quantitative estimate of drug-likeness (QED) is 0.0614. The first kappa shape index (κ1) is 46.4. The molecular formula is C53H53N9O7S. The number of carbonyl (C=O) groups excluding carboxylic acids is 4. The molecule has 0 aliphatic carbocycles. The Bertz CT molecular complexity index is 3160. The van der Waals surface area contributed by atoms with Crippen molar-refractivity contribution < 1.29 is 33.8 Å². The molecule has 0 saturated carbocycles. The Morgan fingerprint density at radius 3 is 2.51 bits per heavy atom. The average Bonchev–Trinajstić information content (AvgIpc) is 3.92. The number of nitrogens with zero attached hydrogens (tertiary/aromatic N) is 6. The van der Waals surface area contributed by atoms with Gasteiger partial charge in [0.2, 0.25) is 17.7 Å². The number of nitrogens with one attached hydrogen (secondary N) is 3. The number of carboxylic acid groups (broad SMARTS) is 1. The summed E-state index contributed by atoms with van der Waals surface area (Å²) in [7, 11) is 1.80. The number of benzene rings is 4. The number of thiazole rings is 1.